The van der Waals surface area contributed by atoms with Gasteiger partial charge in [0.25, 0.3) is 0 Å². The summed E-state index contributed by atoms with van der Waals surface area (Å²) in [6.45, 7) is 3.59. The Balaban J connectivity index is 2.43. The number of methoxy groups -OCH3 is 1. The van der Waals surface area contributed by atoms with Gasteiger partial charge in [0, 0.05) is 19.1 Å². The first-order chi connectivity index (χ1) is 6.76. The van der Waals surface area contributed by atoms with Crippen molar-refractivity contribution in [2.45, 2.75) is 19.5 Å². The minimum Gasteiger partial charge on any atom is -0.497 e. The molecule has 0 bridgehead atoms. The van der Waals surface area contributed by atoms with Crippen molar-refractivity contribution in [1.29, 1.82) is 0 Å². The number of nitrogens with one attached hydrogen (secondary N) is 1. The summed E-state index contributed by atoms with van der Waals surface area (Å²) in [6.07, 6.45) is 0. The van der Waals surface area contributed by atoms with Gasteiger partial charge in [-0.1, -0.05) is 12.1 Å². The smallest absolute Gasteiger partial charge is 0.118 e. The third kappa shape index (κ3) is 3.36. The lowest BCUT2D eigenvalue weighted by atomic mass is 10.2. The molecule has 0 spiro atoms. The molecule has 0 unspecified atom stereocenters. The molecule has 3 heteroatoms. The SMILES string of the molecule is COc1ccc(CN[C@@H](C)CN)cc1. The van der Waals surface area contributed by atoms with Crippen LogP contribution >= 0.6 is 0 Å². The molecule has 3 N–H and O–H groups in total. The number of hydrogen-bond acceptors (Lipinski definition) is 3. The molecule has 0 saturated heterocycles. The van der Waals surface area contributed by atoms with Gasteiger partial charge < -0.3 is 15.8 Å². The van der Waals surface area contributed by atoms with Crippen LogP contribution in [0.3, 0.4) is 0 Å². The van der Waals surface area contributed by atoms with E-state index in [1.807, 2.05) is 12.1 Å². The number of ether oxygens (including phenoxy) is 1. The van der Waals surface area contributed by atoms with Crippen LogP contribution in [-0.4, -0.2) is 19.7 Å². The van der Waals surface area contributed by atoms with Gasteiger partial charge in [0.2, 0.25) is 0 Å². The van der Waals surface area contributed by atoms with Gasteiger partial charge in [0.05, 0.1) is 7.11 Å². The van der Waals surface area contributed by atoms with E-state index in [9.17, 15) is 0 Å². The van der Waals surface area contributed by atoms with Crippen LogP contribution < -0.4 is 15.8 Å². The average Bonchev–Trinajstić information content (AvgIpc) is 2.26. The molecule has 0 radical (unpaired) electrons. The zero-order chi connectivity index (χ0) is 10.4. The third-order valence-corrected chi connectivity index (χ3v) is 2.17. The van der Waals surface area contributed by atoms with E-state index in [1.54, 1.807) is 7.11 Å². The summed E-state index contributed by atoms with van der Waals surface area (Å²) in [5.41, 5.74) is 6.74. The summed E-state index contributed by atoms with van der Waals surface area (Å²) < 4.78 is 5.08. The van der Waals surface area contributed by atoms with Gasteiger partial charge in [-0.2, -0.15) is 0 Å². The molecule has 78 valence electrons. The summed E-state index contributed by atoms with van der Waals surface area (Å²) in [7, 11) is 1.67. The van der Waals surface area contributed by atoms with Gasteiger partial charge in [0.15, 0.2) is 0 Å². The first-order valence-electron chi connectivity index (χ1n) is 4.82. The maximum absolute atomic E-state index is 5.50. The molecule has 1 aromatic carbocycles. The Kier molecular flexibility index (Phi) is 4.43. The first-order valence-corrected chi connectivity index (χ1v) is 4.82. The molecular weight excluding hydrogens is 176 g/mol. The highest BCUT2D eigenvalue weighted by Gasteiger charge is 1.98. The molecule has 0 aromatic heterocycles. The lowest BCUT2D eigenvalue weighted by Gasteiger charge is -2.11. The van der Waals surface area contributed by atoms with E-state index in [0.29, 0.717) is 12.6 Å². The van der Waals surface area contributed by atoms with Crippen LogP contribution in [0.25, 0.3) is 0 Å². The van der Waals surface area contributed by atoms with Crippen molar-refractivity contribution < 1.29 is 4.74 Å². The molecule has 0 aliphatic rings. The van der Waals surface area contributed by atoms with E-state index in [0.717, 1.165) is 12.3 Å². The Labute approximate surface area is 85.3 Å². The molecule has 0 fully saturated rings. The standard InChI is InChI=1S/C11H18N2O/c1-9(7-12)13-8-10-3-5-11(14-2)6-4-10/h3-6,9,13H,7-8,12H2,1-2H3/t9-/m0/s1. The van der Waals surface area contributed by atoms with Crippen molar-refractivity contribution in [1.82, 2.24) is 5.32 Å². The van der Waals surface area contributed by atoms with Crippen LogP contribution in [0.5, 0.6) is 5.75 Å². The lowest BCUT2D eigenvalue weighted by Crippen LogP contribution is -2.32. The second-order valence-electron chi connectivity index (χ2n) is 3.37. The molecule has 0 saturated carbocycles. The molecule has 1 atom stereocenters. The molecule has 14 heavy (non-hydrogen) atoms. The molecule has 0 aliphatic carbocycles. The van der Waals surface area contributed by atoms with Gasteiger partial charge in [0.1, 0.15) is 5.75 Å². The second kappa shape index (κ2) is 5.62. The number of rotatable bonds is 5. The van der Waals surface area contributed by atoms with Crippen molar-refractivity contribution in [3.8, 4) is 5.75 Å². The van der Waals surface area contributed by atoms with Crippen molar-refractivity contribution in [2.75, 3.05) is 13.7 Å². The maximum atomic E-state index is 5.50. The fraction of sp³-hybridized carbons (Fsp3) is 0.455. The van der Waals surface area contributed by atoms with Gasteiger partial charge in [-0.25, -0.2) is 0 Å². The minimum absolute atomic E-state index is 0.358. The van der Waals surface area contributed by atoms with Gasteiger partial charge in [-0.15, -0.1) is 0 Å². The highest BCUT2D eigenvalue weighted by Crippen LogP contribution is 2.10. The number of hydrogen-bond donors (Lipinski definition) is 2. The van der Waals surface area contributed by atoms with Gasteiger partial charge >= 0.3 is 0 Å². The number of nitrogens with two attached hydrogens (primary N) is 1. The summed E-state index contributed by atoms with van der Waals surface area (Å²) in [6, 6.07) is 8.38. The topological polar surface area (TPSA) is 47.3 Å². The molecule has 0 amide bonds. The van der Waals surface area contributed by atoms with E-state index in [-0.39, 0.29) is 0 Å². The Bertz CT molecular complexity index is 258. The van der Waals surface area contributed by atoms with Gasteiger partial charge in [-0.05, 0) is 24.6 Å². The fourth-order valence-electron chi connectivity index (χ4n) is 1.12. The third-order valence-electron chi connectivity index (χ3n) is 2.17. The molecular formula is C11H18N2O. The normalized spacial score (nSPS) is 12.5. The van der Waals surface area contributed by atoms with Crippen molar-refractivity contribution in [3.63, 3.8) is 0 Å². The Morgan fingerprint density at radius 3 is 2.50 bits per heavy atom. The quantitative estimate of drug-likeness (QED) is 0.738. The summed E-state index contributed by atoms with van der Waals surface area (Å²) in [4.78, 5) is 0. The van der Waals surface area contributed by atoms with Gasteiger partial charge in [-0.3, -0.25) is 0 Å². The van der Waals surface area contributed by atoms with Crippen molar-refractivity contribution in [2.24, 2.45) is 5.73 Å². The monoisotopic (exact) mass is 194 g/mol. The van der Waals surface area contributed by atoms with Crippen molar-refractivity contribution >= 4 is 0 Å². The van der Waals surface area contributed by atoms with E-state index < -0.39 is 0 Å². The predicted octanol–water partition coefficient (Wildman–Crippen LogP) is 1.13. The highest BCUT2D eigenvalue weighted by atomic mass is 16.5. The van der Waals surface area contributed by atoms with Crippen LogP contribution in [-0.2, 0) is 6.54 Å². The Hall–Kier alpha value is -1.06. The average molecular weight is 194 g/mol. The first kappa shape index (κ1) is 11.0. The summed E-state index contributed by atoms with van der Waals surface area (Å²) in [5.74, 6) is 0.889. The lowest BCUT2D eigenvalue weighted by molar-refractivity contribution is 0.414. The van der Waals surface area contributed by atoms with Crippen LogP contribution in [0.15, 0.2) is 24.3 Å². The van der Waals surface area contributed by atoms with E-state index >= 15 is 0 Å². The molecule has 3 nitrogen and oxygen atoms in total. The van der Waals surface area contributed by atoms with Crippen LogP contribution in [0.2, 0.25) is 0 Å². The highest BCUT2D eigenvalue weighted by molar-refractivity contribution is 5.26. The van der Waals surface area contributed by atoms with Crippen LogP contribution in [0.4, 0.5) is 0 Å². The fourth-order valence-corrected chi connectivity index (χ4v) is 1.12. The van der Waals surface area contributed by atoms with E-state index in [4.69, 9.17) is 10.5 Å². The Morgan fingerprint density at radius 2 is 2.00 bits per heavy atom. The second-order valence-corrected chi connectivity index (χ2v) is 3.37. The van der Waals surface area contributed by atoms with Crippen LogP contribution in [0, 0.1) is 0 Å². The maximum Gasteiger partial charge on any atom is 0.118 e. The molecule has 1 aromatic rings. The van der Waals surface area contributed by atoms with E-state index in [1.165, 1.54) is 5.56 Å². The zero-order valence-electron chi connectivity index (χ0n) is 8.79. The zero-order valence-corrected chi connectivity index (χ0v) is 8.79. The minimum atomic E-state index is 0.358. The Morgan fingerprint density at radius 1 is 1.36 bits per heavy atom. The van der Waals surface area contributed by atoms with Crippen molar-refractivity contribution in [3.05, 3.63) is 29.8 Å². The summed E-state index contributed by atoms with van der Waals surface area (Å²) in [5, 5.41) is 3.32. The molecule has 0 aliphatic heterocycles. The van der Waals surface area contributed by atoms with Crippen LogP contribution in [0.1, 0.15) is 12.5 Å². The molecule has 1 rings (SSSR count). The van der Waals surface area contributed by atoms with E-state index in [2.05, 4.69) is 24.4 Å². The predicted molar refractivity (Wildman–Crippen MR) is 58.4 cm³/mol. The summed E-state index contributed by atoms with van der Waals surface area (Å²) >= 11 is 0. The molecule has 0 heterocycles. The number of benzene rings is 1. The largest absolute Gasteiger partial charge is 0.497 e.